The number of amides is 2. The molecular weight excluding hydrogens is 416 g/mol. The van der Waals surface area contributed by atoms with Crippen molar-refractivity contribution in [2.24, 2.45) is 0 Å². The summed E-state index contributed by atoms with van der Waals surface area (Å²) >= 11 is 0. The van der Waals surface area contributed by atoms with Crippen molar-refractivity contribution in [3.63, 3.8) is 0 Å². The Morgan fingerprint density at radius 2 is 1.75 bits per heavy atom. The van der Waals surface area contributed by atoms with E-state index in [1.165, 1.54) is 23.8 Å². The first-order valence-electron chi connectivity index (χ1n) is 9.83. The van der Waals surface area contributed by atoms with E-state index in [0.29, 0.717) is 16.6 Å². The van der Waals surface area contributed by atoms with E-state index in [0.717, 1.165) is 4.57 Å². The SMILES string of the molecule is CCn1c(=O)c2ccccc2n(CC(=O)Nc2cccc(C(=O)NCC(=O)OC)c2)c1=O. The molecule has 0 aliphatic carbocycles. The van der Waals surface area contributed by atoms with Crippen LogP contribution in [-0.4, -0.2) is 40.6 Å². The molecule has 1 aromatic heterocycles. The van der Waals surface area contributed by atoms with Gasteiger partial charge in [0.25, 0.3) is 11.5 Å². The Kier molecular flexibility index (Phi) is 6.83. The molecule has 10 nitrogen and oxygen atoms in total. The molecule has 10 heteroatoms. The number of benzene rings is 2. The molecule has 0 atom stereocenters. The first kappa shape index (κ1) is 22.5. The van der Waals surface area contributed by atoms with E-state index in [-0.39, 0.29) is 25.2 Å². The number of carbonyl (C=O) groups excluding carboxylic acids is 3. The summed E-state index contributed by atoms with van der Waals surface area (Å²) < 4.78 is 6.78. The summed E-state index contributed by atoms with van der Waals surface area (Å²) in [6, 6.07) is 12.7. The van der Waals surface area contributed by atoms with Crippen LogP contribution in [0.1, 0.15) is 17.3 Å². The predicted octanol–water partition coefficient (Wildman–Crippen LogP) is 0.725. The molecule has 0 aliphatic rings. The fourth-order valence-corrected chi connectivity index (χ4v) is 3.21. The molecule has 0 saturated heterocycles. The highest BCUT2D eigenvalue weighted by Gasteiger charge is 2.15. The maximum absolute atomic E-state index is 12.8. The predicted molar refractivity (Wildman–Crippen MR) is 118 cm³/mol. The topological polar surface area (TPSA) is 128 Å². The maximum atomic E-state index is 12.8. The Morgan fingerprint density at radius 1 is 1.00 bits per heavy atom. The lowest BCUT2D eigenvalue weighted by Crippen LogP contribution is -2.41. The summed E-state index contributed by atoms with van der Waals surface area (Å²) in [5.74, 6) is -1.61. The number of rotatable bonds is 7. The molecule has 0 saturated carbocycles. The Labute approximate surface area is 182 Å². The van der Waals surface area contributed by atoms with Crippen LogP contribution < -0.4 is 21.9 Å². The van der Waals surface area contributed by atoms with Crippen LogP contribution in [0.2, 0.25) is 0 Å². The Morgan fingerprint density at radius 3 is 2.47 bits per heavy atom. The van der Waals surface area contributed by atoms with Crippen LogP contribution in [0.3, 0.4) is 0 Å². The fourth-order valence-electron chi connectivity index (χ4n) is 3.21. The van der Waals surface area contributed by atoms with Gasteiger partial charge in [0.15, 0.2) is 0 Å². The van der Waals surface area contributed by atoms with E-state index in [1.54, 1.807) is 43.3 Å². The van der Waals surface area contributed by atoms with Crippen molar-refractivity contribution in [2.75, 3.05) is 19.0 Å². The van der Waals surface area contributed by atoms with E-state index < -0.39 is 29.0 Å². The van der Waals surface area contributed by atoms with Gasteiger partial charge >= 0.3 is 11.7 Å². The molecule has 0 radical (unpaired) electrons. The maximum Gasteiger partial charge on any atom is 0.331 e. The third kappa shape index (κ3) is 4.75. The van der Waals surface area contributed by atoms with Gasteiger partial charge in [-0.1, -0.05) is 18.2 Å². The van der Waals surface area contributed by atoms with Crippen LogP contribution in [0.15, 0.2) is 58.1 Å². The lowest BCUT2D eigenvalue weighted by atomic mass is 10.2. The lowest BCUT2D eigenvalue weighted by Gasteiger charge is -2.13. The second kappa shape index (κ2) is 9.73. The average molecular weight is 438 g/mol. The number of aromatic nitrogens is 2. The molecule has 2 aromatic carbocycles. The molecular formula is C22H22N4O6. The zero-order valence-electron chi connectivity index (χ0n) is 17.6. The van der Waals surface area contributed by atoms with Crippen LogP contribution in [0.4, 0.5) is 5.69 Å². The number of esters is 1. The number of hydrogen-bond acceptors (Lipinski definition) is 6. The Bertz CT molecular complexity index is 1310. The molecule has 0 fully saturated rings. The van der Waals surface area contributed by atoms with Gasteiger partial charge in [-0.25, -0.2) is 4.79 Å². The molecule has 166 valence electrons. The number of hydrogen-bond donors (Lipinski definition) is 2. The lowest BCUT2D eigenvalue weighted by molar-refractivity contribution is -0.139. The largest absolute Gasteiger partial charge is 0.468 e. The first-order chi connectivity index (χ1) is 15.3. The van der Waals surface area contributed by atoms with E-state index in [4.69, 9.17) is 0 Å². The van der Waals surface area contributed by atoms with Crippen LogP contribution in [0.5, 0.6) is 0 Å². The molecule has 32 heavy (non-hydrogen) atoms. The van der Waals surface area contributed by atoms with Crippen LogP contribution >= 0.6 is 0 Å². The molecule has 0 unspecified atom stereocenters. The fraction of sp³-hybridized carbons (Fsp3) is 0.227. The number of nitrogens with one attached hydrogen (secondary N) is 2. The summed E-state index contributed by atoms with van der Waals surface area (Å²) in [5.41, 5.74) is -0.0632. The summed E-state index contributed by atoms with van der Waals surface area (Å²) in [5, 5.41) is 5.40. The van der Waals surface area contributed by atoms with Gasteiger partial charge in [0.05, 0.1) is 18.0 Å². The van der Waals surface area contributed by atoms with E-state index in [1.807, 2.05) is 0 Å². The number of para-hydroxylation sites is 1. The van der Waals surface area contributed by atoms with Crippen molar-refractivity contribution in [1.82, 2.24) is 14.5 Å². The summed E-state index contributed by atoms with van der Waals surface area (Å²) in [6.45, 7) is 1.25. The smallest absolute Gasteiger partial charge is 0.331 e. The van der Waals surface area contributed by atoms with Crippen molar-refractivity contribution in [2.45, 2.75) is 20.0 Å². The molecule has 0 spiro atoms. The quantitative estimate of drug-likeness (QED) is 0.523. The molecule has 3 rings (SSSR count). The summed E-state index contributed by atoms with van der Waals surface area (Å²) in [4.78, 5) is 61.3. The summed E-state index contributed by atoms with van der Waals surface area (Å²) in [6.07, 6.45) is 0. The highest BCUT2D eigenvalue weighted by atomic mass is 16.5. The molecule has 0 bridgehead atoms. The normalized spacial score (nSPS) is 10.6. The van der Waals surface area contributed by atoms with E-state index >= 15 is 0 Å². The van der Waals surface area contributed by atoms with Crippen LogP contribution in [0, 0.1) is 0 Å². The number of fused-ring (bicyclic) bond motifs is 1. The second-order valence-corrected chi connectivity index (χ2v) is 6.82. The zero-order chi connectivity index (χ0) is 23.3. The molecule has 3 aromatic rings. The van der Waals surface area contributed by atoms with E-state index in [9.17, 15) is 24.0 Å². The molecule has 0 aliphatic heterocycles. The standard InChI is InChI=1S/C22H22N4O6/c1-3-25-21(30)16-9-4-5-10-17(16)26(22(25)31)13-18(27)24-15-8-6-7-14(11-15)20(29)23-12-19(28)32-2/h4-11H,3,12-13H2,1-2H3,(H,23,29)(H,24,27). The molecule has 1 heterocycles. The van der Waals surface area contributed by atoms with Gasteiger partial charge in [-0.05, 0) is 37.3 Å². The van der Waals surface area contributed by atoms with Crippen molar-refractivity contribution >= 4 is 34.4 Å². The highest BCUT2D eigenvalue weighted by molar-refractivity contribution is 5.98. The van der Waals surface area contributed by atoms with E-state index in [2.05, 4.69) is 15.4 Å². The van der Waals surface area contributed by atoms with Crippen molar-refractivity contribution in [1.29, 1.82) is 0 Å². The minimum absolute atomic E-state index is 0.173. The van der Waals surface area contributed by atoms with Gasteiger partial charge in [-0.3, -0.25) is 28.3 Å². The van der Waals surface area contributed by atoms with Gasteiger partial charge in [0, 0.05) is 17.8 Å². The van der Waals surface area contributed by atoms with Gasteiger partial charge in [-0.15, -0.1) is 0 Å². The Hall–Kier alpha value is -4.21. The first-order valence-corrected chi connectivity index (χ1v) is 9.83. The van der Waals surface area contributed by atoms with Crippen molar-refractivity contribution in [3.8, 4) is 0 Å². The van der Waals surface area contributed by atoms with Gasteiger partial charge in [0.2, 0.25) is 5.91 Å². The second-order valence-electron chi connectivity index (χ2n) is 6.82. The van der Waals surface area contributed by atoms with Crippen LogP contribution in [-0.2, 0) is 27.4 Å². The number of methoxy groups -OCH3 is 1. The minimum Gasteiger partial charge on any atom is -0.468 e. The van der Waals surface area contributed by atoms with Gasteiger partial charge in [-0.2, -0.15) is 0 Å². The average Bonchev–Trinajstić information content (AvgIpc) is 2.80. The zero-order valence-corrected chi connectivity index (χ0v) is 17.6. The summed E-state index contributed by atoms with van der Waals surface area (Å²) in [7, 11) is 1.21. The third-order valence-electron chi connectivity index (χ3n) is 4.78. The molecule has 2 amide bonds. The Balaban J connectivity index is 1.82. The highest BCUT2D eigenvalue weighted by Crippen LogP contribution is 2.12. The van der Waals surface area contributed by atoms with Crippen molar-refractivity contribution in [3.05, 3.63) is 74.9 Å². The van der Waals surface area contributed by atoms with Crippen molar-refractivity contribution < 1.29 is 19.1 Å². The van der Waals surface area contributed by atoms with Gasteiger partial charge < -0.3 is 15.4 Å². The van der Waals surface area contributed by atoms with Gasteiger partial charge in [0.1, 0.15) is 13.1 Å². The van der Waals surface area contributed by atoms with Crippen LogP contribution in [0.25, 0.3) is 10.9 Å². The number of nitrogens with zero attached hydrogens (tertiary/aromatic N) is 2. The monoisotopic (exact) mass is 438 g/mol. The number of anilines is 1. The molecule has 2 N–H and O–H groups in total. The number of ether oxygens (including phenoxy) is 1. The third-order valence-corrected chi connectivity index (χ3v) is 4.78. The minimum atomic E-state index is -0.589. The number of carbonyl (C=O) groups is 3.